The van der Waals surface area contributed by atoms with Gasteiger partial charge in [0.2, 0.25) is 17.2 Å². The Morgan fingerprint density at radius 3 is 2.58 bits per heavy atom. The van der Waals surface area contributed by atoms with Gasteiger partial charge in [-0.25, -0.2) is 0 Å². The number of rotatable bonds is 2. The number of nitrogen functional groups attached to an aromatic ring is 1. The molecular weight excluding hydrogens is 262 g/mol. The fourth-order valence-corrected chi connectivity index (χ4v) is 4.39. The van der Waals surface area contributed by atoms with Crippen molar-refractivity contribution in [1.29, 1.82) is 0 Å². The largest absolute Gasteiger partial charge is 0.368 e. The quantitative estimate of drug-likeness (QED) is 0.872. The van der Waals surface area contributed by atoms with E-state index in [4.69, 9.17) is 17.3 Å². The maximum absolute atomic E-state index is 5.84. The van der Waals surface area contributed by atoms with Gasteiger partial charge in [-0.1, -0.05) is 20.8 Å². The summed E-state index contributed by atoms with van der Waals surface area (Å²) in [5, 5.41) is 3.60. The Bertz CT molecular complexity index is 493. The first-order valence-corrected chi connectivity index (χ1v) is 7.13. The van der Waals surface area contributed by atoms with Gasteiger partial charge in [0.25, 0.3) is 0 Å². The van der Waals surface area contributed by atoms with Gasteiger partial charge in [-0.2, -0.15) is 15.0 Å². The number of nitrogens with zero attached hydrogens (tertiary/aromatic N) is 3. The molecule has 0 saturated heterocycles. The lowest BCUT2D eigenvalue weighted by Gasteiger charge is -2.43. The first-order valence-electron chi connectivity index (χ1n) is 6.75. The Morgan fingerprint density at radius 2 is 2.00 bits per heavy atom. The molecule has 2 aliphatic rings. The number of hydrogen-bond donors (Lipinski definition) is 2. The van der Waals surface area contributed by atoms with Gasteiger partial charge < -0.3 is 11.1 Å². The molecule has 3 atom stereocenters. The second-order valence-corrected chi connectivity index (χ2v) is 7.12. The number of nitrogens with two attached hydrogens (primary N) is 1. The fourth-order valence-electron chi connectivity index (χ4n) is 4.22. The van der Waals surface area contributed by atoms with Crippen LogP contribution in [0.1, 0.15) is 40.0 Å². The average molecular weight is 282 g/mol. The van der Waals surface area contributed by atoms with E-state index >= 15 is 0 Å². The summed E-state index contributed by atoms with van der Waals surface area (Å²) in [6.07, 6.45) is 3.85. The summed E-state index contributed by atoms with van der Waals surface area (Å²) in [7, 11) is 0. The van der Waals surface area contributed by atoms with Crippen molar-refractivity contribution in [1.82, 2.24) is 15.0 Å². The third-order valence-corrected chi connectivity index (χ3v) is 5.34. The van der Waals surface area contributed by atoms with Gasteiger partial charge in [0.15, 0.2) is 0 Å². The first kappa shape index (κ1) is 12.9. The van der Waals surface area contributed by atoms with E-state index in [9.17, 15) is 0 Å². The maximum atomic E-state index is 5.84. The summed E-state index contributed by atoms with van der Waals surface area (Å²) in [6, 6.07) is 0.344. The van der Waals surface area contributed by atoms with Crippen molar-refractivity contribution in [2.75, 3.05) is 11.1 Å². The van der Waals surface area contributed by atoms with Gasteiger partial charge in [0.1, 0.15) is 0 Å². The Labute approximate surface area is 118 Å². The predicted molar refractivity (Wildman–Crippen MR) is 75.9 cm³/mol. The normalized spacial score (nSPS) is 35.6. The molecule has 1 heterocycles. The molecular formula is C13H20ClN5. The van der Waals surface area contributed by atoms with Crippen LogP contribution in [-0.4, -0.2) is 21.0 Å². The zero-order valence-electron chi connectivity index (χ0n) is 11.6. The molecule has 2 bridgehead atoms. The van der Waals surface area contributed by atoms with Crippen LogP contribution >= 0.6 is 11.6 Å². The Morgan fingerprint density at radius 1 is 1.26 bits per heavy atom. The zero-order chi connectivity index (χ0) is 13.8. The second-order valence-electron chi connectivity index (χ2n) is 6.78. The summed E-state index contributed by atoms with van der Waals surface area (Å²) in [5.74, 6) is 1.42. The monoisotopic (exact) mass is 281 g/mol. The highest BCUT2D eigenvalue weighted by molar-refractivity contribution is 6.28. The van der Waals surface area contributed by atoms with E-state index in [1.165, 1.54) is 19.3 Å². The lowest BCUT2D eigenvalue weighted by Crippen LogP contribution is -2.46. The van der Waals surface area contributed by atoms with E-state index in [1.807, 2.05) is 0 Å². The van der Waals surface area contributed by atoms with Gasteiger partial charge in [0.05, 0.1) is 0 Å². The third kappa shape index (κ3) is 1.95. The van der Waals surface area contributed by atoms with Crippen molar-refractivity contribution in [3.8, 4) is 0 Å². The highest BCUT2D eigenvalue weighted by Gasteiger charge is 2.59. The van der Waals surface area contributed by atoms with Crippen LogP contribution in [0.25, 0.3) is 0 Å². The minimum atomic E-state index is 0.140. The van der Waals surface area contributed by atoms with Crippen LogP contribution in [0.15, 0.2) is 0 Å². The molecule has 2 fully saturated rings. The summed E-state index contributed by atoms with van der Waals surface area (Å²) >= 11 is 5.84. The lowest BCUT2D eigenvalue weighted by atomic mass is 9.68. The van der Waals surface area contributed by atoms with Gasteiger partial charge >= 0.3 is 0 Å². The summed E-state index contributed by atoms with van der Waals surface area (Å²) in [5.41, 5.74) is 6.17. The minimum Gasteiger partial charge on any atom is -0.368 e. The van der Waals surface area contributed by atoms with Gasteiger partial charge in [-0.3, -0.25) is 0 Å². The fraction of sp³-hybridized carbons (Fsp3) is 0.769. The number of fused-ring (bicyclic) bond motifs is 2. The smallest absolute Gasteiger partial charge is 0.229 e. The van der Waals surface area contributed by atoms with Crippen molar-refractivity contribution in [3.63, 3.8) is 0 Å². The SMILES string of the molecule is CC12CCC(C1)C(C)(C)C2Nc1nc(N)nc(Cl)n1. The highest BCUT2D eigenvalue weighted by Crippen LogP contribution is 2.62. The molecule has 1 aromatic heterocycles. The second kappa shape index (κ2) is 3.95. The van der Waals surface area contributed by atoms with Crippen molar-refractivity contribution < 1.29 is 0 Å². The summed E-state index contributed by atoms with van der Waals surface area (Å²) in [6.45, 7) is 7.00. The Hall–Kier alpha value is -1.10. The van der Waals surface area contributed by atoms with Gasteiger partial charge in [-0.15, -0.1) is 0 Å². The van der Waals surface area contributed by atoms with Crippen LogP contribution in [0.4, 0.5) is 11.9 Å². The van der Waals surface area contributed by atoms with Crippen LogP contribution < -0.4 is 11.1 Å². The first-order chi connectivity index (χ1) is 8.81. The van der Waals surface area contributed by atoms with Crippen LogP contribution in [0, 0.1) is 16.7 Å². The molecule has 2 saturated carbocycles. The van der Waals surface area contributed by atoms with Crippen molar-refractivity contribution in [2.24, 2.45) is 16.7 Å². The maximum Gasteiger partial charge on any atom is 0.229 e. The molecule has 6 heteroatoms. The van der Waals surface area contributed by atoms with E-state index in [-0.39, 0.29) is 16.6 Å². The van der Waals surface area contributed by atoms with Gasteiger partial charge in [0, 0.05) is 6.04 Å². The molecule has 0 aliphatic heterocycles. The summed E-state index contributed by atoms with van der Waals surface area (Å²) in [4.78, 5) is 12.1. The van der Waals surface area contributed by atoms with Crippen LogP contribution in [0.2, 0.25) is 5.28 Å². The Kier molecular flexibility index (Phi) is 2.68. The highest BCUT2D eigenvalue weighted by atomic mass is 35.5. The lowest BCUT2D eigenvalue weighted by molar-refractivity contribution is 0.155. The van der Waals surface area contributed by atoms with E-state index in [0.29, 0.717) is 17.4 Å². The number of hydrogen-bond acceptors (Lipinski definition) is 5. The molecule has 1 aromatic rings. The molecule has 2 aliphatic carbocycles. The number of nitrogens with one attached hydrogen (secondary N) is 1. The molecule has 0 amide bonds. The summed E-state index contributed by atoms with van der Waals surface area (Å²) < 4.78 is 0. The molecule has 0 aromatic carbocycles. The van der Waals surface area contributed by atoms with Crippen LogP contribution in [-0.2, 0) is 0 Å². The topological polar surface area (TPSA) is 76.7 Å². The van der Waals surface area contributed by atoms with Crippen LogP contribution in [0.3, 0.4) is 0 Å². The molecule has 0 radical (unpaired) electrons. The number of anilines is 2. The standard InChI is InChI=1S/C13H20ClN5/c1-12(2)7-4-5-13(3,6-7)8(12)16-11-18-9(14)17-10(15)19-11/h7-8H,4-6H2,1-3H3,(H3,15,16,17,18,19). The molecule has 104 valence electrons. The van der Waals surface area contributed by atoms with Crippen molar-refractivity contribution in [3.05, 3.63) is 5.28 Å². The number of aromatic nitrogens is 3. The van der Waals surface area contributed by atoms with E-state index in [2.05, 4.69) is 41.0 Å². The van der Waals surface area contributed by atoms with E-state index < -0.39 is 0 Å². The molecule has 0 spiro atoms. The number of halogens is 1. The van der Waals surface area contributed by atoms with Crippen molar-refractivity contribution in [2.45, 2.75) is 46.1 Å². The molecule has 3 N–H and O–H groups in total. The minimum absolute atomic E-state index is 0.140. The predicted octanol–water partition coefficient (Wildman–Crippen LogP) is 2.73. The van der Waals surface area contributed by atoms with Gasteiger partial charge in [-0.05, 0) is 47.6 Å². The Balaban J connectivity index is 1.90. The van der Waals surface area contributed by atoms with Crippen LogP contribution in [0.5, 0.6) is 0 Å². The van der Waals surface area contributed by atoms with Crippen molar-refractivity contribution >= 4 is 23.5 Å². The molecule has 19 heavy (non-hydrogen) atoms. The molecule has 3 unspecified atom stereocenters. The zero-order valence-corrected chi connectivity index (χ0v) is 12.3. The van der Waals surface area contributed by atoms with E-state index in [0.717, 1.165) is 5.92 Å². The molecule has 5 nitrogen and oxygen atoms in total. The third-order valence-electron chi connectivity index (χ3n) is 5.17. The molecule has 3 rings (SSSR count). The average Bonchev–Trinajstić information content (AvgIpc) is 2.74. The van der Waals surface area contributed by atoms with E-state index in [1.54, 1.807) is 0 Å².